The fraction of sp³-hybridized carbons (Fsp3) is 0.409. The van der Waals surface area contributed by atoms with Crippen molar-refractivity contribution in [3.05, 3.63) is 71.3 Å². The van der Waals surface area contributed by atoms with Crippen LogP contribution in [0.1, 0.15) is 47.2 Å². The van der Waals surface area contributed by atoms with Crippen molar-refractivity contribution in [2.75, 3.05) is 13.2 Å². The second kappa shape index (κ2) is 10.8. The van der Waals surface area contributed by atoms with Crippen LogP contribution in [0, 0.1) is 5.92 Å². The van der Waals surface area contributed by atoms with Gasteiger partial charge in [0.05, 0.1) is 0 Å². The van der Waals surface area contributed by atoms with Crippen LogP contribution in [-0.2, 0) is 12.8 Å². The van der Waals surface area contributed by atoms with E-state index in [1.54, 1.807) is 0 Å². The number of ketones is 1. The van der Waals surface area contributed by atoms with Crippen LogP contribution in [0.3, 0.4) is 0 Å². The van der Waals surface area contributed by atoms with Gasteiger partial charge in [-0.05, 0) is 43.2 Å². The molecule has 0 heterocycles. The minimum absolute atomic E-state index is 0.00997. The lowest BCUT2D eigenvalue weighted by Gasteiger charge is -2.10. The third-order valence-corrected chi connectivity index (χ3v) is 4.60. The molecule has 0 spiro atoms. The van der Waals surface area contributed by atoms with Crippen molar-refractivity contribution < 1.29 is 15.0 Å². The van der Waals surface area contributed by atoms with Crippen LogP contribution in [0.5, 0.6) is 0 Å². The molecule has 0 bridgehead atoms. The van der Waals surface area contributed by atoms with Crippen molar-refractivity contribution in [1.82, 2.24) is 0 Å². The number of rotatable bonds is 11. The van der Waals surface area contributed by atoms with E-state index >= 15 is 0 Å². The van der Waals surface area contributed by atoms with Crippen molar-refractivity contribution in [3.63, 3.8) is 0 Å². The number of aryl methyl sites for hydroxylation is 2. The molecule has 2 N–H and O–H groups in total. The van der Waals surface area contributed by atoms with Gasteiger partial charge in [0.25, 0.3) is 0 Å². The molecule has 0 amide bonds. The van der Waals surface area contributed by atoms with E-state index in [0.29, 0.717) is 6.42 Å². The molecular weight excluding hydrogens is 312 g/mol. The van der Waals surface area contributed by atoms with Crippen LogP contribution in [0.25, 0.3) is 0 Å². The van der Waals surface area contributed by atoms with Gasteiger partial charge in [0.2, 0.25) is 0 Å². The second-order valence-corrected chi connectivity index (χ2v) is 6.58. The number of carbonyl (C=O) groups excluding carboxylic acids is 1. The topological polar surface area (TPSA) is 57.5 Å². The molecule has 0 radical (unpaired) electrons. The number of aliphatic hydroxyl groups is 2. The highest BCUT2D eigenvalue weighted by molar-refractivity contribution is 5.96. The maximum Gasteiger partial charge on any atom is 0.162 e. The lowest BCUT2D eigenvalue weighted by molar-refractivity contribution is 0.0979. The van der Waals surface area contributed by atoms with Gasteiger partial charge in [0.1, 0.15) is 0 Å². The van der Waals surface area contributed by atoms with E-state index in [9.17, 15) is 4.79 Å². The molecule has 2 rings (SSSR count). The average molecular weight is 340 g/mol. The zero-order valence-corrected chi connectivity index (χ0v) is 14.7. The average Bonchev–Trinajstić information content (AvgIpc) is 2.67. The Kier molecular flexibility index (Phi) is 8.36. The van der Waals surface area contributed by atoms with Gasteiger partial charge < -0.3 is 10.2 Å². The zero-order chi connectivity index (χ0) is 17.9. The molecule has 3 heteroatoms. The van der Waals surface area contributed by atoms with Crippen molar-refractivity contribution in [2.24, 2.45) is 5.92 Å². The van der Waals surface area contributed by atoms with E-state index in [1.165, 1.54) is 5.56 Å². The Morgan fingerprint density at radius 1 is 0.800 bits per heavy atom. The first-order valence-electron chi connectivity index (χ1n) is 9.10. The highest BCUT2D eigenvalue weighted by Gasteiger charge is 2.08. The lowest BCUT2D eigenvalue weighted by Crippen LogP contribution is -2.11. The molecule has 0 fully saturated rings. The number of hydrogen-bond acceptors (Lipinski definition) is 3. The fourth-order valence-electron chi connectivity index (χ4n) is 2.87. The smallest absolute Gasteiger partial charge is 0.162 e. The van der Waals surface area contributed by atoms with Crippen LogP contribution in [0.15, 0.2) is 54.6 Å². The molecule has 0 aromatic heterocycles. The summed E-state index contributed by atoms with van der Waals surface area (Å²) in [4.78, 5) is 12.3. The first kappa shape index (κ1) is 19.4. The van der Waals surface area contributed by atoms with E-state index in [1.807, 2.05) is 42.5 Å². The molecule has 0 unspecified atom stereocenters. The molecule has 0 aliphatic rings. The first-order chi connectivity index (χ1) is 12.2. The molecule has 3 nitrogen and oxygen atoms in total. The van der Waals surface area contributed by atoms with E-state index in [0.717, 1.165) is 43.2 Å². The summed E-state index contributed by atoms with van der Waals surface area (Å²) >= 11 is 0. The Balaban J connectivity index is 1.72. The third kappa shape index (κ3) is 6.81. The Labute approximate surface area is 150 Å². The van der Waals surface area contributed by atoms with E-state index in [2.05, 4.69) is 12.1 Å². The molecular formula is C22H28O3. The van der Waals surface area contributed by atoms with Gasteiger partial charge in [0, 0.05) is 31.1 Å². The number of unbranched alkanes of at least 4 members (excludes halogenated alkanes) is 1. The molecule has 0 saturated heterocycles. The van der Waals surface area contributed by atoms with Crippen LogP contribution in [0.4, 0.5) is 0 Å². The van der Waals surface area contributed by atoms with Crippen LogP contribution in [0.2, 0.25) is 0 Å². The van der Waals surface area contributed by atoms with Gasteiger partial charge in [-0.15, -0.1) is 0 Å². The van der Waals surface area contributed by atoms with Crippen molar-refractivity contribution in [2.45, 2.75) is 38.5 Å². The monoisotopic (exact) mass is 340 g/mol. The highest BCUT2D eigenvalue weighted by Crippen LogP contribution is 2.14. The summed E-state index contributed by atoms with van der Waals surface area (Å²) in [5, 5.41) is 18.2. The summed E-state index contributed by atoms with van der Waals surface area (Å²) in [6.07, 6.45) is 5.09. The summed E-state index contributed by atoms with van der Waals surface area (Å²) in [5.41, 5.74) is 3.22. The molecule has 0 aliphatic heterocycles. The fourth-order valence-corrected chi connectivity index (χ4v) is 2.87. The predicted molar refractivity (Wildman–Crippen MR) is 101 cm³/mol. The minimum Gasteiger partial charge on any atom is -0.396 e. The number of benzene rings is 2. The number of Topliss-reactive ketones (excluding diaryl/α,β-unsaturated/α-hetero) is 1. The van der Waals surface area contributed by atoms with Crippen LogP contribution in [-0.4, -0.2) is 29.2 Å². The Hall–Kier alpha value is -1.97. The number of carbonyl (C=O) groups is 1. The first-order valence-corrected chi connectivity index (χ1v) is 9.10. The Morgan fingerprint density at radius 3 is 2.08 bits per heavy atom. The Bertz CT molecular complexity index is 615. The highest BCUT2D eigenvalue weighted by atomic mass is 16.3. The quantitative estimate of drug-likeness (QED) is 0.483. The maximum absolute atomic E-state index is 12.3. The minimum atomic E-state index is -0.0640. The van der Waals surface area contributed by atoms with Crippen molar-refractivity contribution >= 4 is 5.78 Å². The predicted octanol–water partition coefficient (Wildman–Crippen LogP) is 3.82. The number of aliphatic hydroxyl groups excluding tert-OH is 2. The largest absolute Gasteiger partial charge is 0.396 e. The molecule has 2 aromatic rings. The SMILES string of the molecule is O=C(CCCCc1ccccc1)c1ccc(CCC(CO)CO)cc1. The third-order valence-electron chi connectivity index (χ3n) is 4.60. The van der Waals surface area contributed by atoms with Gasteiger partial charge in [0.15, 0.2) is 5.78 Å². The van der Waals surface area contributed by atoms with E-state index < -0.39 is 0 Å². The number of hydrogen-bond donors (Lipinski definition) is 2. The summed E-state index contributed by atoms with van der Waals surface area (Å²) < 4.78 is 0. The molecule has 134 valence electrons. The van der Waals surface area contributed by atoms with Gasteiger partial charge in [-0.3, -0.25) is 4.79 Å². The Morgan fingerprint density at radius 2 is 1.44 bits per heavy atom. The van der Waals surface area contributed by atoms with Crippen molar-refractivity contribution in [3.8, 4) is 0 Å². The zero-order valence-electron chi connectivity index (χ0n) is 14.7. The molecule has 0 aliphatic carbocycles. The summed E-state index contributed by atoms with van der Waals surface area (Å²) in [7, 11) is 0. The second-order valence-electron chi connectivity index (χ2n) is 6.58. The molecule has 0 saturated carbocycles. The summed E-state index contributed by atoms with van der Waals surface area (Å²) in [5.74, 6) is 0.133. The van der Waals surface area contributed by atoms with Crippen LogP contribution < -0.4 is 0 Å². The van der Waals surface area contributed by atoms with E-state index in [4.69, 9.17) is 10.2 Å². The summed E-state index contributed by atoms with van der Waals surface area (Å²) in [6, 6.07) is 18.1. The molecule has 2 aromatic carbocycles. The maximum atomic E-state index is 12.3. The standard InChI is InChI=1S/C22H28O3/c23-16-20(17-24)11-10-19-12-14-21(15-13-19)22(25)9-5-4-8-18-6-2-1-3-7-18/h1-3,6-7,12-15,20,23-24H,4-5,8-11,16-17H2. The normalized spacial score (nSPS) is 11.0. The molecule has 0 atom stereocenters. The van der Waals surface area contributed by atoms with E-state index in [-0.39, 0.29) is 24.9 Å². The van der Waals surface area contributed by atoms with Gasteiger partial charge in [-0.1, -0.05) is 54.6 Å². The van der Waals surface area contributed by atoms with Gasteiger partial charge in [-0.25, -0.2) is 0 Å². The lowest BCUT2D eigenvalue weighted by atomic mass is 9.98. The van der Waals surface area contributed by atoms with Crippen LogP contribution >= 0.6 is 0 Å². The van der Waals surface area contributed by atoms with Gasteiger partial charge in [-0.2, -0.15) is 0 Å². The van der Waals surface area contributed by atoms with Crippen molar-refractivity contribution in [1.29, 1.82) is 0 Å². The molecule has 25 heavy (non-hydrogen) atoms. The summed E-state index contributed by atoms with van der Waals surface area (Å²) in [6.45, 7) is 0.0199. The van der Waals surface area contributed by atoms with Gasteiger partial charge >= 0.3 is 0 Å².